The Balaban J connectivity index is 1.51. The van der Waals surface area contributed by atoms with Gasteiger partial charge in [-0.15, -0.1) is 11.3 Å². The van der Waals surface area contributed by atoms with Crippen LogP contribution in [-0.2, 0) is 13.0 Å². The van der Waals surface area contributed by atoms with Gasteiger partial charge in [0.1, 0.15) is 11.5 Å². The quantitative estimate of drug-likeness (QED) is 0.420. The lowest BCUT2D eigenvalue weighted by Crippen LogP contribution is -2.49. The molecule has 6 heteroatoms. The maximum atomic E-state index is 12.6. The highest BCUT2D eigenvalue weighted by atomic mass is 32.1. The van der Waals surface area contributed by atoms with Gasteiger partial charge in [0.2, 0.25) is 0 Å². The smallest absolute Gasteiger partial charge is 0.321 e. The second kappa shape index (κ2) is 8.20. The standard InChI is InChI=1S/C24H27N3O2S/c1-16(2)13-27(3)11-10-20-21(15-28)23(30-22(20)14-27)26-24(29)25-19-9-8-17-6-4-5-7-18(17)12-19/h4-9,12,15-16H,10-11,13-14H2,1-3H3,(H-,25,26,28,29)/p+1. The summed E-state index contributed by atoms with van der Waals surface area (Å²) in [5, 5.41) is 8.64. The van der Waals surface area contributed by atoms with Crippen molar-refractivity contribution in [1.82, 2.24) is 0 Å². The first-order valence-electron chi connectivity index (χ1n) is 10.4. The summed E-state index contributed by atoms with van der Waals surface area (Å²) >= 11 is 1.54. The third kappa shape index (κ3) is 4.25. The van der Waals surface area contributed by atoms with E-state index in [4.69, 9.17) is 0 Å². The molecule has 1 aliphatic heterocycles. The van der Waals surface area contributed by atoms with Gasteiger partial charge in [0, 0.05) is 18.0 Å². The van der Waals surface area contributed by atoms with E-state index in [1.807, 2.05) is 42.5 Å². The monoisotopic (exact) mass is 422 g/mol. The molecule has 0 bridgehead atoms. The zero-order valence-electron chi connectivity index (χ0n) is 17.7. The number of likely N-dealkylation sites (N-methyl/N-ethyl adjacent to an activating group) is 1. The van der Waals surface area contributed by atoms with E-state index in [1.54, 1.807) is 0 Å². The lowest BCUT2D eigenvalue weighted by Gasteiger charge is -2.38. The molecule has 1 aromatic heterocycles. The summed E-state index contributed by atoms with van der Waals surface area (Å²) in [4.78, 5) is 25.7. The van der Waals surface area contributed by atoms with Crippen LogP contribution >= 0.6 is 11.3 Å². The molecule has 2 N–H and O–H groups in total. The molecular formula is C24H28N3O2S+. The van der Waals surface area contributed by atoms with Gasteiger partial charge in [-0.05, 0) is 28.5 Å². The van der Waals surface area contributed by atoms with Gasteiger partial charge in [-0.1, -0.05) is 44.2 Å². The maximum Gasteiger partial charge on any atom is 0.324 e. The van der Waals surface area contributed by atoms with Gasteiger partial charge in [-0.2, -0.15) is 0 Å². The normalized spacial score (nSPS) is 18.3. The SMILES string of the molecule is CC(C)C[N+]1(C)CCc2c(sc(NC(=O)Nc3ccc4ccccc4c3)c2C=O)C1. The van der Waals surface area contributed by atoms with E-state index in [1.165, 1.54) is 16.2 Å². The summed E-state index contributed by atoms with van der Waals surface area (Å²) in [7, 11) is 2.28. The summed E-state index contributed by atoms with van der Waals surface area (Å²) in [5.41, 5.74) is 2.47. The highest BCUT2D eigenvalue weighted by Crippen LogP contribution is 2.38. The molecule has 3 aromatic rings. The molecule has 0 aliphatic carbocycles. The number of fused-ring (bicyclic) bond motifs is 2. The number of amides is 2. The minimum Gasteiger partial charge on any atom is -0.321 e. The predicted octanol–water partition coefficient (Wildman–Crippen LogP) is 5.52. The van der Waals surface area contributed by atoms with E-state index in [0.717, 1.165) is 58.8 Å². The van der Waals surface area contributed by atoms with Crippen molar-refractivity contribution in [3.8, 4) is 0 Å². The summed E-state index contributed by atoms with van der Waals surface area (Å²) in [6.45, 7) is 7.53. The predicted molar refractivity (Wildman–Crippen MR) is 124 cm³/mol. The number of rotatable bonds is 5. The summed E-state index contributed by atoms with van der Waals surface area (Å²) in [6.07, 6.45) is 1.76. The Labute approximate surface area is 181 Å². The molecule has 5 nitrogen and oxygen atoms in total. The zero-order valence-corrected chi connectivity index (χ0v) is 18.5. The van der Waals surface area contributed by atoms with Crippen molar-refractivity contribution in [1.29, 1.82) is 0 Å². The second-order valence-electron chi connectivity index (χ2n) is 8.83. The number of hydrogen-bond donors (Lipinski definition) is 2. The number of anilines is 2. The number of thiophene rings is 1. The Hall–Kier alpha value is -2.70. The van der Waals surface area contributed by atoms with Crippen molar-refractivity contribution in [2.75, 3.05) is 30.8 Å². The van der Waals surface area contributed by atoms with Crippen molar-refractivity contribution in [2.24, 2.45) is 5.92 Å². The van der Waals surface area contributed by atoms with Crippen molar-refractivity contribution < 1.29 is 14.1 Å². The number of hydrogen-bond acceptors (Lipinski definition) is 3. The van der Waals surface area contributed by atoms with Crippen LogP contribution in [-0.4, -0.2) is 36.9 Å². The molecule has 1 unspecified atom stereocenters. The van der Waals surface area contributed by atoms with Crippen molar-refractivity contribution >= 4 is 45.1 Å². The van der Waals surface area contributed by atoms with Crippen molar-refractivity contribution in [3.63, 3.8) is 0 Å². The Morgan fingerprint density at radius 1 is 1.17 bits per heavy atom. The first-order chi connectivity index (χ1) is 14.4. The van der Waals surface area contributed by atoms with E-state index < -0.39 is 0 Å². The van der Waals surface area contributed by atoms with Crippen LogP contribution in [0.4, 0.5) is 15.5 Å². The number of carbonyl (C=O) groups is 2. The van der Waals surface area contributed by atoms with E-state index in [9.17, 15) is 9.59 Å². The fourth-order valence-electron chi connectivity index (χ4n) is 4.52. The van der Waals surface area contributed by atoms with Crippen molar-refractivity contribution in [3.05, 3.63) is 58.5 Å². The van der Waals surface area contributed by atoms with Gasteiger partial charge < -0.3 is 9.80 Å². The van der Waals surface area contributed by atoms with E-state index in [2.05, 4.69) is 31.5 Å². The Kier molecular flexibility index (Phi) is 5.62. The molecule has 0 fully saturated rings. The van der Waals surface area contributed by atoms with Crippen LogP contribution in [0.15, 0.2) is 42.5 Å². The van der Waals surface area contributed by atoms with Gasteiger partial charge >= 0.3 is 6.03 Å². The van der Waals surface area contributed by atoms with E-state index in [0.29, 0.717) is 16.5 Å². The van der Waals surface area contributed by atoms with Crippen LogP contribution in [0.1, 0.15) is 34.6 Å². The maximum absolute atomic E-state index is 12.6. The zero-order chi connectivity index (χ0) is 21.3. The molecule has 0 saturated heterocycles. The third-order valence-electron chi connectivity index (χ3n) is 5.72. The number of aldehydes is 1. The minimum atomic E-state index is -0.327. The molecule has 30 heavy (non-hydrogen) atoms. The topological polar surface area (TPSA) is 58.2 Å². The summed E-state index contributed by atoms with van der Waals surface area (Å²) < 4.78 is 0.978. The first kappa shape index (κ1) is 20.6. The van der Waals surface area contributed by atoms with Gasteiger partial charge in [-0.3, -0.25) is 10.1 Å². The number of nitrogens with zero attached hydrogens (tertiary/aromatic N) is 1. The average molecular weight is 423 g/mol. The summed E-state index contributed by atoms with van der Waals surface area (Å²) in [6, 6.07) is 13.5. The molecule has 0 spiro atoms. The molecule has 2 amide bonds. The number of nitrogens with one attached hydrogen (secondary N) is 2. The van der Waals surface area contributed by atoms with Crippen molar-refractivity contribution in [2.45, 2.75) is 26.8 Å². The largest absolute Gasteiger partial charge is 0.324 e. The Morgan fingerprint density at radius 3 is 2.67 bits per heavy atom. The molecule has 2 heterocycles. The highest BCUT2D eigenvalue weighted by Gasteiger charge is 2.33. The Morgan fingerprint density at radius 2 is 1.93 bits per heavy atom. The second-order valence-corrected chi connectivity index (χ2v) is 9.94. The van der Waals surface area contributed by atoms with E-state index >= 15 is 0 Å². The lowest BCUT2D eigenvalue weighted by atomic mass is 10.0. The highest BCUT2D eigenvalue weighted by molar-refractivity contribution is 7.16. The first-order valence-corrected chi connectivity index (χ1v) is 11.2. The molecular weight excluding hydrogens is 394 g/mol. The molecule has 0 radical (unpaired) electrons. The van der Waals surface area contributed by atoms with Crippen LogP contribution in [0.2, 0.25) is 0 Å². The molecule has 156 valence electrons. The molecule has 2 aromatic carbocycles. The Bertz CT molecular complexity index is 1110. The number of urea groups is 1. The van der Waals surface area contributed by atoms with Crippen LogP contribution in [0.5, 0.6) is 0 Å². The van der Waals surface area contributed by atoms with Crippen LogP contribution in [0, 0.1) is 5.92 Å². The van der Waals surface area contributed by atoms with Crippen LogP contribution in [0.3, 0.4) is 0 Å². The third-order valence-corrected chi connectivity index (χ3v) is 6.86. The van der Waals surface area contributed by atoms with Gasteiger partial charge in [0.05, 0.1) is 30.6 Å². The van der Waals surface area contributed by atoms with Gasteiger partial charge in [0.25, 0.3) is 0 Å². The van der Waals surface area contributed by atoms with Gasteiger partial charge in [0.15, 0.2) is 6.29 Å². The fraction of sp³-hybridized carbons (Fsp3) is 0.333. The molecule has 4 rings (SSSR count). The molecule has 0 saturated carbocycles. The molecule has 1 aliphatic rings. The average Bonchev–Trinajstić information content (AvgIpc) is 3.02. The number of carbonyl (C=O) groups excluding carboxylic acids is 2. The van der Waals surface area contributed by atoms with Crippen LogP contribution < -0.4 is 10.6 Å². The van der Waals surface area contributed by atoms with E-state index in [-0.39, 0.29) is 6.03 Å². The lowest BCUT2D eigenvalue weighted by molar-refractivity contribution is -0.926. The van der Waals surface area contributed by atoms with Crippen LogP contribution in [0.25, 0.3) is 10.8 Å². The minimum absolute atomic E-state index is 0.327. The number of quaternary nitrogens is 1. The fourth-order valence-corrected chi connectivity index (χ4v) is 5.91. The molecule has 1 atom stereocenters. The number of benzene rings is 2. The van der Waals surface area contributed by atoms with Gasteiger partial charge in [-0.25, -0.2) is 4.79 Å². The summed E-state index contributed by atoms with van der Waals surface area (Å²) in [5.74, 6) is 0.618.